The molecule has 64 valence electrons. The summed E-state index contributed by atoms with van der Waals surface area (Å²) in [5.41, 5.74) is 0. The predicted octanol–water partition coefficient (Wildman–Crippen LogP) is 0.850. The minimum Gasteiger partial charge on any atom is -0.393 e. The highest BCUT2D eigenvalue weighted by atomic mass is 16.3. The lowest BCUT2D eigenvalue weighted by atomic mass is 9.90. The fourth-order valence-electron chi connectivity index (χ4n) is 2.71. The maximum Gasteiger partial charge on any atom is 0.0595 e. The average Bonchev–Trinajstić information content (AvgIpc) is 2.23. The zero-order valence-electron chi connectivity index (χ0n) is 7.33. The van der Waals surface area contributed by atoms with Crippen LogP contribution in [0.25, 0.3) is 0 Å². The van der Waals surface area contributed by atoms with Gasteiger partial charge in [0.1, 0.15) is 0 Å². The SMILES string of the molecule is CC1C(O)C[C@H]2CCC1N2C. The number of aliphatic hydroxyl groups is 1. The zero-order chi connectivity index (χ0) is 8.01. The van der Waals surface area contributed by atoms with E-state index >= 15 is 0 Å². The van der Waals surface area contributed by atoms with Crippen LogP contribution < -0.4 is 0 Å². The van der Waals surface area contributed by atoms with Gasteiger partial charge in [0.25, 0.3) is 0 Å². The molecule has 2 heteroatoms. The molecule has 2 fully saturated rings. The van der Waals surface area contributed by atoms with Crippen LogP contribution in [0.4, 0.5) is 0 Å². The van der Waals surface area contributed by atoms with Crippen molar-refractivity contribution in [3.05, 3.63) is 0 Å². The van der Waals surface area contributed by atoms with Crippen LogP contribution in [-0.2, 0) is 0 Å². The molecule has 2 aliphatic rings. The number of aliphatic hydroxyl groups excluding tert-OH is 1. The monoisotopic (exact) mass is 155 g/mol. The van der Waals surface area contributed by atoms with Crippen molar-refractivity contribution in [2.45, 2.75) is 44.4 Å². The molecular weight excluding hydrogens is 138 g/mol. The summed E-state index contributed by atoms with van der Waals surface area (Å²) in [5.74, 6) is 0.485. The first-order valence-electron chi connectivity index (χ1n) is 4.60. The second-order valence-electron chi connectivity index (χ2n) is 4.13. The second kappa shape index (κ2) is 2.46. The van der Waals surface area contributed by atoms with Crippen LogP contribution >= 0.6 is 0 Å². The summed E-state index contributed by atoms with van der Waals surface area (Å²) in [7, 11) is 2.20. The van der Waals surface area contributed by atoms with Gasteiger partial charge in [-0.25, -0.2) is 0 Å². The first-order chi connectivity index (χ1) is 5.20. The molecule has 2 rings (SSSR count). The van der Waals surface area contributed by atoms with E-state index in [1.165, 1.54) is 12.8 Å². The van der Waals surface area contributed by atoms with Gasteiger partial charge < -0.3 is 10.0 Å². The summed E-state index contributed by atoms with van der Waals surface area (Å²) in [4.78, 5) is 2.46. The molecule has 11 heavy (non-hydrogen) atoms. The largest absolute Gasteiger partial charge is 0.393 e. The van der Waals surface area contributed by atoms with Crippen LogP contribution in [0, 0.1) is 5.92 Å². The van der Waals surface area contributed by atoms with Crippen molar-refractivity contribution in [1.82, 2.24) is 4.90 Å². The topological polar surface area (TPSA) is 23.5 Å². The van der Waals surface area contributed by atoms with Crippen LogP contribution in [0.2, 0.25) is 0 Å². The molecule has 0 aromatic heterocycles. The molecule has 2 bridgehead atoms. The minimum absolute atomic E-state index is 0.0382. The zero-order valence-corrected chi connectivity index (χ0v) is 7.33. The number of hydrogen-bond donors (Lipinski definition) is 1. The van der Waals surface area contributed by atoms with E-state index in [4.69, 9.17) is 0 Å². The van der Waals surface area contributed by atoms with Crippen molar-refractivity contribution in [2.75, 3.05) is 7.05 Å². The normalized spacial score (nSPS) is 51.5. The molecule has 0 saturated carbocycles. The Labute approximate surface area is 68.2 Å². The third-order valence-electron chi connectivity index (χ3n) is 3.62. The maximum absolute atomic E-state index is 9.65. The van der Waals surface area contributed by atoms with Crippen molar-refractivity contribution in [1.29, 1.82) is 0 Å². The highest BCUT2D eigenvalue weighted by Gasteiger charge is 2.42. The lowest BCUT2D eigenvalue weighted by molar-refractivity contribution is 0.00159. The average molecular weight is 155 g/mol. The van der Waals surface area contributed by atoms with Gasteiger partial charge in [0.2, 0.25) is 0 Å². The number of piperidine rings is 1. The Kier molecular flexibility index (Phi) is 1.69. The van der Waals surface area contributed by atoms with Crippen molar-refractivity contribution in [3.8, 4) is 0 Å². The lowest BCUT2D eigenvalue weighted by Gasteiger charge is -2.39. The van der Waals surface area contributed by atoms with Gasteiger partial charge in [0.05, 0.1) is 6.10 Å². The van der Waals surface area contributed by atoms with E-state index in [1.807, 2.05) is 0 Å². The molecule has 0 spiro atoms. The molecule has 0 aromatic carbocycles. The third-order valence-corrected chi connectivity index (χ3v) is 3.62. The molecule has 0 amide bonds. The van der Waals surface area contributed by atoms with Crippen molar-refractivity contribution in [3.63, 3.8) is 0 Å². The van der Waals surface area contributed by atoms with Crippen LogP contribution in [0.15, 0.2) is 0 Å². The van der Waals surface area contributed by atoms with Gasteiger partial charge >= 0.3 is 0 Å². The van der Waals surface area contributed by atoms with Gasteiger partial charge in [0, 0.05) is 12.1 Å². The first-order valence-corrected chi connectivity index (χ1v) is 4.60. The lowest BCUT2D eigenvalue weighted by Crippen LogP contribution is -2.47. The number of nitrogens with zero attached hydrogens (tertiary/aromatic N) is 1. The molecule has 4 atom stereocenters. The Morgan fingerprint density at radius 2 is 2.09 bits per heavy atom. The number of hydrogen-bond acceptors (Lipinski definition) is 2. The highest BCUT2D eigenvalue weighted by Crippen LogP contribution is 2.37. The summed E-state index contributed by atoms with van der Waals surface area (Å²) in [6.07, 6.45) is 3.54. The Balaban J connectivity index is 2.16. The first kappa shape index (κ1) is 7.56. The molecule has 2 saturated heterocycles. The third kappa shape index (κ3) is 1.00. The van der Waals surface area contributed by atoms with Crippen LogP contribution in [0.5, 0.6) is 0 Å². The van der Waals surface area contributed by atoms with Gasteiger partial charge in [0.15, 0.2) is 0 Å². The molecule has 0 radical (unpaired) electrons. The Bertz CT molecular complexity index is 160. The van der Waals surface area contributed by atoms with E-state index in [0.717, 1.165) is 6.42 Å². The fourth-order valence-corrected chi connectivity index (χ4v) is 2.71. The van der Waals surface area contributed by atoms with E-state index in [1.54, 1.807) is 0 Å². The van der Waals surface area contributed by atoms with Gasteiger partial charge in [-0.15, -0.1) is 0 Å². The van der Waals surface area contributed by atoms with Crippen LogP contribution in [0.3, 0.4) is 0 Å². The van der Waals surface area contributed by atoms with E-state index < -0.39 is 0 Å². The van der Waals surface area contributed by atoms with E-state index in [2.05, 4.69) is 18.9 Å². The summed E-state index contributed by atoms with van der Waals surface area (Å²) in [5, 5.41) is 9.65. The Morgan fingerprint density at radius 1 is 1.36 bits per heavy atom. The molecule has 1 N–H and O–H groups in total. The van der Waals surface area contributed by atoms with Crippen LogP contribution in [-0.4, -0.2) is 35.2 Å². The molecular formula is C9H17NO. The van der Waals surface area contributed by atoms with Crippen molar-refractivity contribution >= 4 is 0 Å². The Morgan fingerprint density at radius 3 is 2.82 bits per heavy atom. The molecule has 2 heterocycles. The smallest absolute Gasteiger partial charge is 0.0595 e. The van der Waals surface area contributed by atoms with Crippen molar-refractivity contribution in [2.24, 2.45) is 5.92 Å². The van der Waals surface area contributed by atoms with Gasteiger partial charge in [-0.1, -0.05) is 6.92 Å². The quantitative estimate of drug-likeness (QED) is 0.560. The minimum atomic E-state index is -0.0382. The second-order valence-corrected chi connectivity index (χ2v) is 4.13. The van der Waals surface area contributed by atoms with Crippen molar-refractivity contribution < 1.29 is 5.11 Å². The number of rotatable bonds is 0. The Hall–Kier alpha value is -0.0800. The molecule has 0 aliphatic carbocycles. The molecule has 2 nitrogen and oxygen atoms in total. The maximum atomic E-state index is 9.65. The van der Waals surface area contributed by atoms with Gasteiger partial charge in [-0.2, -0.15) is 0 Å². The molecule has 2 aliphatic heterocycles. The van der Waals surface area contributed by atoms with E-state index in [9.17, 15) is 5.11 Å². The van der Waals surface area contributed by atoms with E-state index in [0.29, 0.717) is 18.0 Å². The summed E-state index contributed by atoms with van der Waals surface area (Å²) >= 11 is 0. The van der Waals surface area contributed by atoms with Gasteiger partial charge in [-0.05, 0) is 32.2 Å². The summed E-state index contributed by atoms with van der Waals surface area (Å²) in [6, 6.07) is 1.33. The van der Waals surface area contributed by atoms with Gasteiger partial charge in [-0.3, -0.25) is 0 Å². The summed E-state index contributed by atoms with van der Waals surface area (Å²) < 4.78 is 0. The number of fused-ring (bicyclic) bond motifs is 2. The standard InChI is InChI=1S/C9H17NO/c1-6-8-4-3-7(10(8)2)5-9(6)11/h6-9,11H,3-5H2,1-2H3/t6?,7-,8?,9?/m1/s1. The fraction of sp³-hybridized carbons (Fsp3) is 1.00. The molecule has 0 aromatic rings. The highest BCUT2D eigenvalue weighted by molar-refractivity contribution is 4.97. The summed E-state index contributed by atoms with van der Waals surface area (Å²) in [6.45, 7) is 2.17. The predicted molar refractivity (Wildman–Crippen MR) is 44.4 cm³/mol. The molecule has 3 unspecified atom stereocenters. The van der Waals surface area contributed by atoms with E-state index in [-0.39, 0.29) is 6.10 Å². The van der Waals surface area contributed by atoms with Crippen LogP contribution in [0.1, 0.15) is 26.2 Å².